The summed E-state index contributed by atoms with van der Waals surface area (Å²) in [5, 5.41) is 55.0. The van der Waals surface area contributed by atoms with Crippen LogP contribution in [0, 0.1) is 17.5 Å². The van der Waals surface area contributed by atoms with Crippen molar-refractivity contribution in [2.45, 2.75) is 43.8 Å². The van der Waals surface area contributed by atoms with Gasteiger partial charge in [-0.3, -0.25) is 9.80 Å². The van der Waals surface area contributed by atoms with E-state index in [1.165, 1.54) is 42.0 Å². The predicted octanol–water partition coefficient (Wildman–Crippen LogP) is 16.2. The summed E-state index contributed by atoms with van der Waals surface area (Å²) >= 11 is 38.1. The number of benzene rings is 9. The highest BCUT2D eigenvalue weighted by Crippen LogP contribution is 2.42. The molecule has 13 rings (SSSR count). The van der Waals surface area contributed by atoms with E-state index in [4.69, 9.17) is 104 Å². The zero-order chi connectivity index (χ0) is 72.1. The number of halogens is 9. The van der Waals surface area contributed by atoms with Gasteiger partial charge >= 0.3 is 0 Å². The zero-order valence-corrected chi connectivity index (χ0v) is 60.3. The van der Waals surface area contributed by atoms with E-state index in [2.05, 4.69) is 41.9 Å². The van der Waals surface area contributed by atoms with Crippen molar-refractivity contribution in [2.24, 2.45) is 0 Å². The molecule has 103 heavy (non-hydrogen) atoms. The number of epoxide rings is 1. The molecule has 0 spiro atoms. The summed E-state index contributed by atoms with van der Waals surface area (Å²) in [4.78, 5) is 11.2. The molecular formula is C79H85Cl6F3N6O9. The molecule has 6 atom stereocenters. The Kier molecular flexibility index (Phi) is 31.0. The molecule has 4 heterocycles. The quantitative estimate of drug-likeness (QED) is 0.0354. The van der Waals surface area contributed by atoms with E-state index in [0.29, 0.717) is 87.2 Å². The highest BCUT2D eigenvalue weighted by atomic mass is 35.5. The molecule has 6 N–H and O–H groups in total. The fourth-order valence-corrected chi connectivity index (χ4v) is 13.8. The number of piperazine rings is 3. The van der Waals surface area contributed by atoms with Gasteiger partial charge < -0.3 is 64.5 Å². The topological polar surface area (TPSA) is 170 Å². The number of β-amino-alcohol motifs (C(OH)–C–C–N with tert-alkyl or cyclic N) is 1. The Morgan fingerprint density at radius 2 is 0.825 bits per heavy atom. The minimum Gasteiger partial charge on any atom is -0.491 e. The van der Waals surface area contributed by atoms with Gasteiger partial charge in [0.25, 0.3) is 0 Å². The Labute approximate surface area is 630 Å². The molecule has 4 aliphatic heterocycles. The molecule has 4 saturated heterocycles. The Hall–Kier alpha value is -7.05. The van der Waals surface area contributed by atoms with E-state index in [1.54, 1.807) is 54.6 Å². The number of nitrogens with one attached hydrogen (secondary N) is 1. The van der Waals surface area contributed by atoms with Gasteiger partial charge in [0.2, 0.25) is 0 Å². The van der Waals surface area contributed by atoms with Crippen molar-refractivity contribution in [3.05, 3.63) is 281 Å². The van der Waals surface area contributed by atoms with E-state index < -0.39 is 6.10 Å². The predicted molar refractivity (Wildman–Crippen MR) is 407 cm³/mol. The Morgan fingerprint density at radius 1 is 0.447 bits per heavy atom. The summed E-state index contributed by atoms with van der Waals surface area (Å²) in [7, 11) is 0. The van der Waals surface area contributed by atoms with Gasteiger partial charge in [-0.2, -0.15) is 0 Å². The maximum absolute atomic E-state index is 13.5. The molecule has 0 bridgehead atoms. The van der Waals surface area contributed by atoms with Gasteiger partial charge in [0.05, 0.1) is 95.4 Å². The molecule has 15 nitrogen and oxygen atoms in total. The fraction of sp³-hybridized carbons (Fsp3) is 0.316. The SMILES string of the molecule is C.Fc1ccc([C@@H]2CO2)cc1.OCCOc1ccc(N2CCN(C[C@H](O)c3ccc(F)cc3)C[C@H]2c2ccc(Cl)cc2)c(Cl)c1.OCCOc1ccc(N2CCN([C@H](CO)c3ccc(F)cc3)C[C@H]2c2ccc(Cl)cc2)c(Cl)c1.OCCOc1ccc(N2CCNC[C@H]2c2ccc(Cl)cc2)c(Cl)c1. The Bertz CT molecular complexity index is 4050. The molecule has 4 aliphatic rings. The second-order valence-corrected chi connectivity index (χ2v) is 27.0. The lowest BCUT2D eigenvalue weighted by Gasteiger charge is -2.46. The molecule has 548 valence electrons. The van der Waals surface area contributed by atoms with E-state index in [9.17, 15) is 23.4 Å². The molecule has 0 amide bonds. The lowest BCUT2D eigenvalue weighted by molar-refractivity contribution is 0.100. The number of ether oxygens (including phenoxy) is 4. The first-order valence-electron chi connectivity index (χ1n) is 33.5. The normalized spacial score (nSPS) is 17.9. The first kappa shape index (κ1) is 80.1. The lowest BCUT2D eigenvalue weighted by Crippen LogP contribution is -2.50. The maximum atomic E-state index is 13.5. The molecule has 0 aromatic heterocycles. The highest BCUT2D eigenvalue weighted by Gasteiger charge is 2.35. The summed E-state index contributed by atoms with van der Waals surface area (Å²) in [6, 6.07) is 58.7. The van der Waals surface area contributed by atoms with Gasteiger partial charge in [0.15, 0.2) is 0 Å². The van der Waals surface area contributed by atoms with Crippen LogP contribution >= 0.6 is 69.6 Å². The van der Waals surface area contributed by atoms with Gasteiger partial charge in [0.1, 0.15) is 60.6 Å². The first-order chi connectivity index (χ1) is 49.5. The first-order valence-corrected chi connectivity index (χ1v) is 35.8. The van der Waals surface area contributed by atoms with Gasteiger partial charge in [-0.1, -0.05) is 150 Å². The highest BCUT2D eigenvalue weighted by molar-refractivity contribution is 6.34. The van der Waals surface area contributed by atoms with Crippen LogP contribution in [0.2, 0.25) is 30.1 Å². The molecule has 9 aromatic carbocycles. The van der Waals surface area contributed by atoms with Crippen LogP contribution in [0.3, 0.4) is 0 Å². The van der Waals surface area contributed by atoms with Gasteiger partial charge in [0, 0.05) is 98.7 Å². The molecule has 0 radical (unpaired) electrons. The van der Waals surface area contributed by atoms with Crippen molar-refractivity contribution in [1.82, 2.24) is 15.1 Å². The molecular weight excluding hydrogens is 1450 g/mol. The van der Waals surface area contributed by atoms with Crippen molar-refractivity contribution < 1.29 is 57.7 Å². The largest absolute Gasteiger partial charge is 0.491 e. The lowest BCUT2D eigenvalue weighted by atomic mass is 9.98. The third-order valence-electron chi connectivity index (χ3n) is 17.8. The van der Waals surface area contributed by atoms with E-state index >= 15 is 0 Å². The number of rotatable bonds is 22. The molecule has 0 aliphatic carbocycles. The second-order valence-electron chi connectivity index (χ2n) is 24.5. The number of anilines is 3. The van der Waals surface area contributed by atoms with Crippen LogP contribution in [-0.2, 0) is 4.74 Å². The van der Waals surface area contributed by atoms with Crippen LogP contribution in [0.5, 0.6) is 17.2 Å². The van der Waals surface area contributed by atoms with Crippen molar-refractivity contribution >= 4 is 86.7 Å². The van der Waals surface area contributed by atoms with Gasteiger partial charge in [-0.05, 0) is 143 Å². The summed E-state index contributed by atoms with van der Waals surface area (Å²) in [6.45, 7) is 8.35. The van der Waals surface area contributed by atoms with E-state index in [-0.39, 0.29) is 101 Å². The fourth-order valence-electron chi connectivity index (χ4n) is 12.6. The number of aliphatic hydroxyl groups excluding tert-OH is 5. The average Bonchev–Trinajstić information content (AvgIpc) is 1.38. The average molecular weight is 1530 g/mol. The van der Waals surface area contributed by atoms with Crippen LogP contribution in [0.4, 0.5) is 30.2 Å². The number of nitrogens with zero attached hydrogens (tertiary/aromatic N) is 5. The maximum Gasteiger partial charge on any atom is 0.123 e. The van der Waals surface area contributed by atoms with Crippen LogP contribution < -0.4 is 34.2 Å². The number of hydrogen-bond acceptors (Lipinski definition) is 15. The Balaban J connectivity index is 0.000000169. The van der Waals surface area contributed by atoms with Crippen molar-refractivity contribution in [3.63, 3.8) is 0 Å². The Morgan fingerprint density at radius 3 is 1.23 bits per heavy atom. The minimum absolute atomic E-state index is 0. The monoisotopic (exact) mass is 1530 g/mol. The smallest absolute Gasteiger partial charge is 0.123 e. The van der Waals surface area contributed by atoms with Crippen molar-refractivity contribution in [3.8, 4) is 17.2 Å². The molecule has 0 saturated carbocycles. The van der Waals surface area contributed by atoms with E-state index in [1.807, 2.05) is 97.1 Å². The standard InChI is InChI=1S/2C26H27Cl2FN2O3.C18H20Cl2N2O2.C8H7FO.CH4/c27-20-5-1-18(2-6-20)25-16-30(26(17-33)19-3-7-21(29)8-4-19)11-12-31(25)24-10-9-22(15-23(24)28)34-14-13-32;27-20-5-1-18(2-6-20)25-16-30(17-26(33)19-3-7-21(29)8-4-19)11-12-31(25)24-10-9-22(15-23(24)28)34-14-13-32;19-14-3-1-13(2-4-14)18-12-21-7-8-22(18)17-6-5-15(11-16(17)20)24-10-9-23;9-7-3-1-6(2-4-7)8-5-10-8;/h2*1-10,15,25-26,32-33H,11-14,16-17H2;1-6,11,18,21,23H,7-10,12H2;1-4,8H,5H2;1H4/t25-,26+;25-,26-;18-;8-;/m0000./s1. The van der Waals surface area contributed by atoms with Crippen LogP contribution in [-0.4, -0.2) is 154 Å². The zero-order valence-electron chi connectivity index (χ0n) is 55.8. The van der Waals surface area contributed by atoms with Crippen molar-refractivity contribution in [2.75, 3.05) is 133 Å². The molecule has 9 aromatic rings. The van der Waals surface area contributed by atoms with E-state index in [0.717, 1.165) is 77.1 Å². The van der Waals surface area contributed by atoms with Crippen molar-refractivity contribution in [1.29, 1.82) is 0 Å². The van der Waals surface area contributed by atoms with Gasteiger partial charge in [-0.15, -0.1) is 0 Å². The summed E-state index contributed by atoms with van der Waals surface area (Å²) in [6.07, 6.45) is -0.481. The molecule has 0 unspecified atom stereocenters. The molecule has 24 heteroatoms. The minimum atomic E-state index is -0.718. The van der Waals surface area contributed by atoms with Crippen LogP contribution in [0.15, 0.2) is 200 Å². The molecule has 4 fully saturated rings. The number of hydrogen-bond donors (Lipinski definition) is 6. The summed E-state index contributed by atoms with van der Waals surface area (Å²) < 4.78 is 60.5. The third-order valence-corrected chi connectivity index (χ3v) is 19.4. The second kappa shape index (κ2) is 39.9. The van der Waals surface area contributed by atoms with Gasteiger partial charge in [-0.25, -0.2) is 13.2 Å². The summed E-state index contributed by atoms with van der Waals surface area (Å²) in [5.74, 6) is 1.05. The van der Waals surface area contributed by atoms with Crippen LogP contribution in [0.25, 0.3) is 0 Å². The third kappa shape index (κ3) is 22.7. The number of aliphatic hydroxyl groups is 5. The summed E-state index contributed by atoms with van der Waals surface area (Å²) in [5.41, 5.74) is 8.73. The van der Waals surface area contributed by atoms with Crippen LogP contribution in [0.1, 0.15) is 77.2 Å².